The molecule has 0 heterocycles. The normalized spacial score (nSPS) is 11.5. The summed E-state index contributed by atoms with van der Waals surface area (Å²) in [5.74, 6) is 0. The first kappa shape index (κ1) is 19.0. The average molecular weight is 336 g/mol. The summed E-state index contributed by atoms with van der Waals surface area (Å²) in [6, 6.07) is 20.5. The number of allylic oxidation sites excluding steroid dienone is 10. The van der Waals surface area contributed by atoms with E-state index in [1.54, 1.807) is 0 Å². The molecule has 0 saturated heterocycles. The van der Waals surface area contributed by atoms with Crippen LogP contribution >= 0.6 is 0 Å². The Hall–Kier alpha value is -3.38. The molecule has 0 bridgehead atoms. The second kappa shape index (κ2) is 11.2. The molecule has 0 aromatic heterocycles. The van der Waals surface area contributed by atoms with E-state index in [0.29, 0.717) is 0 Å². The van der Waals surface area contributed by atoms with Crippen molar-refractivity contribution < 1.29 is 0 Å². The van der Waals surface area contributed by atoms with E-state index in [4.69, 9.17) is 0 Å². The summed E-state index contributed by atoms with van der Waals surface area (Å²) in [4.78, 5) is 0. The van der Waals surface area contributed by atoms with E-state index < -0.39 is 0 Å². The molecule has 0 N–H and O–H groups in total. The van der Waals surface area contributed by atoms with E-state index >= 15 is 0 Å². The van der Waals surface area contributed by atoms with E-state index in [9.17, 15) is 0 Å². The van der Waals surface area contributed by atoms with Crippen molar-refractivity contribution in [2.45, 2.75) is 0 Å². The van der Waals surface area contributed by atoms with Crippen molar-refractivity contribution in [2.24, 2.45) is 0 Å². The van der Waals surface area contributed by atoms with Crippen LogP contribution in [-0.2, 0) is 0 Å². The van der Waals surface area contributed by atoms with Crippen molar-refractivity contribution in [3.63, 3.8) is 0 Å². The molecule has 0 nitrogen and oxygen atoms in total. The topological polar surface area (TPSA) is 0 Å². The van der Waals surface area contributed by atoms with Gasteiger partial charge in [0, 0.05) is 0 Å². The molecule has 0 amide bonds. The van der Waals surface area contributed by atoms with Gasteiger partial charge >= 0.3 is 0 Å². The van der Waals surface area contributed by atoms with Gasteiger partial charge in [0.2, 0.25) is 0 Å². The molecule has 2 aromatic rings. The monoisotopic (exact) mass is 336 g/mol. The molecule has 2 aromatic carbocycles. The zero-order chi connectivity index (χ0) is 18.5. The summed E-state index contributed by atoms with van der Waals surface area (Å²) in [6.45, 7) is 7.74. The lowest BCUT2D eigenvalue weighted by Gasteiger charge is -1.99. The van der Waals surface area contributed by atoms with E-state index in [1.165, 1.54) is 11.1 Å². The summed E-state index contributed by atoms with van der Waals surface area (Å²) < 4.78 is 0. The highest BCUT2D eigenvalue weighted by Crippen LogP contribution is 2.12. The molecule has 26 heavy (non-hydrogen) atoms. The highest BCUT2D eigenvalue weighted by molar-refractivity contribution is 5.54. The molecule has 0 atom stereocenters. The van der Waals surface area contributed by atoms with Crippen LogP contribution in [0.4, 0.5) is 0 Å². The van der Waals surface area contributed by atoms with Crippen molar-refractivity contribution in [3.8, 4) is 0 Å². The van der Waals surface area contributed by atoms with E-state index in [0.717, 1.165) is 11.1 Å². The molecule has 0 unspecified atom stereocenters. The first-order valence-electron chi connectivity index (χ1n) is 8.62. The van der Waals surface area contributed by atoms with E-state index in [1.807, 2.05) is 72.9 Å². The molecule has 2 rings (SSSR count). The lowest BCUT2D eigenvalue weighted by Crippen LogP contribution is -1.79. The molecule has 128 valence electrons. The maximum Gasteiger partial charge on any atom is -0.0184 e. The molecule has 0 saturated carbocycles. The molecule has 0 aliphatic heterocycles. The van der Waals surface area contributed by atoms with Gasteiger partial charge in [0.1, 0.15) is 0 Å². The van der Waals surface area contributed by atoms with E-state index in [2.05, 4.69) is 61.7 Å². The lowest BCUT2D eigenvalue weighted by atomic mass is 10.1. The fraction of sp³-hybridized carbons (Fsp3) is 0. The molecule has 0 radical (unpaired) electrons. The molecular weight excluding hydrogens is 312 g/mol. The lowest BCUT2D eigenvalue weighted by molar-refractivity contribution is 1.57. The van der Waals surface area contributed by atoms with Gasteiger partial charge in [0.25, 0.3) is 0 Å². The minimum atomic E-state index is 0.999. The van der Waals surface area contributed by atoms with Gasteiger partial charge in [0.05, 0.1) is 0 Å². The van der Waals surface area contributed by atoms with Gasteiger partial charge in [-0.3, -0.25) is 0 Å². The predicted octanol–water partition coefficient (Wildman–Crippen LogP) is 7.19. The Morgan fingerprint density at radius 3 is 1.35 bits per heavy atom. The highest BCUT2D eigenvalue weighted by atomic mass is 14.0. The Kier molecular flexibility index (Phi) is 8.18. The minimum Gasteiger partial charge on any atom is -0.0984 e. The van der Waals surface area contributed by atoms with Crippen molar-refractivity contribution >= 4 is 12.2 Å². The summed E-state index contributed by atoms with van der Waals surface area (Å²) in [5.41, 5.74) is 4.41. The molecule has 0 aliphatic carbocycles. The predicted molar refractivity (Wildman–Crippen MR) is 117 cm³/mol. The van der Waals surface area contributed by atoms with Crippen molar-refractivity contribution in [2.75, 3.05) is 0 Å². The second-order valence-electron chi connectivity index (χ2n) is 5.58. The maximum atomic E-state index is 3.87. The molecule has 0 spiro atoms. The zero-order valence-electron chi connectivity index (χ0n) is 15.0. The summed E-state index contributed by atoms with van der Waals surface area (Å²) in [6.07, 6.45) is 20.0. The van der Waals surface area contributed by atoms with Crippen LogP contribution in [0, 0.1) is 0 Å². The SMILES string of the molecule is C=CC(C=C)=C(/C=C/C=C/c1ccccc1)/C=C/C=C/c1ccccc1. The Morgan fingerprint density at radius 1 is 0.538 bits per heavy atom. The Balaban J connectivity index is 2.10. The largest absolute Gasteiger partial charge is 0.0984 e. The summed E-state index contributed by atoms with van der Waals surface area (Å²) in [7, 11) is 0. The van der Waals surface area contributed by atoms with Crippen molar-refractivity contribution in [3.05, 3.63) is 145 Å². The standard InChI is InChI=1S/C26H24/c1-3-25(4-2)26(21-13-11-19-23-15-7-5-8-16-23)22-14-12-20-24-17-9-6-10-18-24/h3-22H,1-2H2/b19-11+,20-12+,21-13+,22-14+. The fourth-order valence-electron chi connectivity index (χ4n) is 2.35. The molecule has 0 heteroatoms. The Bertz CT molecular complexity index is 770. The molecule has 0 fully saturated rings. The van der Waals surface area contributed by atoms with Crippen LogP contribution in [-0.4, -0.2) is 0 Å². The number of rotatable bonds is 8. The zero-order valence-corrected chi connectivity index (χ0v) is 15.0. The van der Waals surface area contributed by atoms with Crippen LogP contribution < -0.4 is 0 Å². The van der Waals surface area contributed by atoms with Gasteiger partial charge in [-0.2, -0.15) is 0 Å². The van der Waals surface area contributed by atoms with Gasteiger partial charge in [0.15, 0.2) is 0 Å². The first-order valence-corrected chi connectivity index (χ1v) is 8.62. The fourth-order valence-corrected chi connectivity index (χ4v) is 2.35. The third kappa shape index (κ3) is 6.62. The van der Waals surface area contributed by atoms with Gasteiger partial charge in [-0.25, -0.2) is 0 Å². The van der Waals surface area contributed by atoms with E-state index in [-0.39, 0.29) is 0 Å². The van der Waals surface area contributed by atoms with Gasteiger partial charge in [-0.15, -0.1) is 0 Å². The van der Waals surface area contributed by atoms with Crippen LogP contribution in [0.3, 0.4) is 0 Å². The quantitative estimate of drug-likeness (QED) is 0.447. The van der Waals surface area contributed by atoms with Crippen LogP contribution in [0.25, 0.3) is 12.2 Å². The summed E-state index contributed by atoms with van der Waals surface area (Å²) >= 11 is 0. The van der Waals surface area contributed by atoms with Gasteiger partial charge in [-0.1, -0.05) is 135 Å². The number of hydrogen-bond acceptors (Lipinski definition) is 0. The van der Waals surface area contributed by atoms with Gasteiger partial charge < -0.3 is 0 Å². The Labute approximate surface area is 157 Å². The number of benzene rings is 2. The molecular formula is C26H24. The van der Waals surface area contributed by atoms with Crippen LogP contribution in [0.15, 0.2) is 134 Å². The van der Waals surface area contributed by atoms with Gasteiger partial charge in [-0.05, 0) is 22.3 Å². The maximum absolute atomic E-state index is 3.87. The minimum absolute atomic E-state index is 0.999. The van der Waals surface area contributed by atoms with Crippen LogP contribution in [0.5, 0.6) is 0 Å². The van der Waals surface area contributed by atoms with Crippen LogP contribution in [0.2, 0.25) is 0 Å². The molecule has 0 aliphatic rings. The Morgan fingerprint density at radius 2 is 0.962 bits per heavy atom. The van der Waals surface area contributed by atoms with Crippen LogP contribution in [0.1, 0.15) is 11.1 Å². The summed E-state index contributed by atoms with van der Waals surface area (Å²) in [5, 5.41) is 0. The third-order valence-corrected chi connectivity index (χ3v) is 3.72. The van der Waals surface area contributed by atoms with Crippen molar-refractivity contribution in [1.82, 2.24) is 0 Å². The van der Waals surface area contributed by atoms with Crippen molar-refractivity contribution in [1.29, 1.82) is 0 Å². The number of hydrogen-bond donors (Lipinski definition) is 0. The second-order valence-corrected chi connectivity index (χ2v) is 5.58. The highest BCUT2D eigenvalue weighted by Gasteiger charge is 1.92. The third-order valence-electron chi connectivity index (χ3n) is 3.72. The smallest absolute Gasteiger partial charge is 0.0184 e. The average Bonchev–Trinajstić information content (AvgIpc) is 2.70. The first-order chi connectivity index (χ1) is 12.8.